The van der Waals surface area contributed by atoms with Crippen molar-refractivity contribution in [3.05, 3.63) is 59.7 Å². The molecule has 0 aliphatic rings. The highest BCUT2D eigenvalue weighted by Crippen LogP contribution is 2.27. The summed E-state index contributed by atoms with van der Waals surface area (Å²) in [5, 5.41) is 18.5. The zero-order chi connectivity index (χ0) is 19.6. The van der Waals surface area contributed by atoms with E-state index in [1.807, 2.05) is 11.6 Å². The van der Waals surface area contributed by atoms with Gasteiger partial charge in [-0.05, 0) is 35.2 Å². The quantitative estimate of drug-likeness (QED) is 0.522. The van der Waals surface area contributed by atoms with Gasteiger partial charge in [-0.1, -0.05) is 56.8 Å². The van der Waals surface area contributed by atoms with Gasteiger partial charge in [-0.2, -0.15) is 0 Å². The molecular weight excluding hydrogens is 358 g/mol. The van der Waals surface area contributed by atoms with Gasteiger partial charge in [-0.25, -0.2) is 0 Å². The average Bonchev–Trinajstić information content (AvgIpc) is 3.00. The molecule has 27 heavy (non-hydrogen) atoms. The van der Waals surface area contributed by atoms with E-state index in [4.69, 9.17) is 0 Å². The van der Waals surface area contributed by atoms with E-state index < -0.39 is 0 Å². The van der Waals surface area contributed by atoms with Gasteiger partial charge in [0.1, 0.15) is 5.75 Å². The first kappa shape index (κ1) is 19.2. The predicted octanol–water partition coefficient (Wildman–Crippen LogP) is 4.46. The van der Waals surface area contributed by atoms with Gasteiger partial charge in [0.15, 0.2) is 16.8 Å². The summed E-state index contributed by atoms with van der Waals surface area (Å²) in [4.78, 5) is 12.3. The van der Waals surface area contributed by atoms with Crippen molar-refractivity contribution in [2.75, 3.05) is 5.75 Å². The molecule has 1 heterocycles. The highest BCUT2D eigenvalue weighted by molar-refractivity contribution is 7.99. The Morgan fingerprint density at radius 1 is 1.04 bits per heavy atom. The lowest BCUT2D eigenvalue weighted by Crippen LogP contribution is -2.10. The summed E-state index contributed by atoms with van der Waals surface area (Å²) in [7, 11) is 1.90. The van der Waals surface area contributed by atoms with Crippen LogP contribution in [0.15, 0.2) is 53.7 Å². The minimum absolute atomic E-state index is 0.0147. The summed E-state index contributed by atoms with van der Waals surface area (Å²) >= 11 is 1.35. The second-order valence-corrected chi connectivity index (χ2v) is 8.39. The van der Waals surface area contributed by atoms with Crippen LogP contribution >= 0.6 is 11.8 Å². The fourth-order valence-corrected chi connectivity index (χ4v) is 3.48. The van der Waals surface area contributed by atoms with E-state index in [2.05, 4.69) is 55.2 Å². The van der Waals surface area contributed by atoms with Gasteiger partial charge in [0.2, 0.25) is 0 Å². The number of ketones is 1. The first-order valence-corrected chi connectivity index (χ1v) is 9.69. The zero-order valence-corrected chi connectivity index (χ0v) is 16.7. The Balaban J connectivity index is 1.71. The fourth-order valence-electron chi connectivity index (χ4n) is 2.67. The lowest BCUT2D eigenvalue weighted by Gasteiger charge is -2.19. The molecule has 0 bridgehead atoms. The lowest BCUT2D eigenvalue weighted by atomic mass is 9.87. The van der Waals surface area contributed by atoms with E-state index in [1.165, 1.54) is 29.5 Å². The molecule has 0 unspecified atom stereocenters. The molecule has 6 heteroatoms. The molecule has 0 spiro atoms. The number of phenols is 1. The normalized spacial score (nSPS) is 11.6. The molecule has 0 fully saturated rings. The fraction of sp³-hybridized carbons (Fsp3) is 0.286. The Kier molecular flexibility index (Phi) is 5.37. The van der Waals surface area contributed by atoms with Crippen molar-refractivity contribution in [2.45, 2.75) is 31.3 Å². The van der Waals surface area contributed by atoms with E-state index in [0.29, 0.717) is 10.7 Å². The van der Waals surface area contributed by atoms with Gasteiger partial charge in [0.05, 0.1) is 5.75 Å². The molecule has 3 aromatic rings. The molecule has 0 amide bonds. The van der Waals surface area contributed by atoms with Crippen LogP contribution in [0.5, 0.6) is 5.75 Å². The molecule has 2 aromatic carbocycles. The van der Waals surface area contributed by atoms with E-state index >= 15 is 0 Å². The number of phenolic OH excluding ortho intramolecular Hbond substituents is 1. The summed E-state index contributed by atoms with van der Waals surface area (Å²) in [6.45, 7) is 6.55. The van der Waals surface area contributed by atoms with Gasteiger partial charge in [-0.15, -0.1) is 10.2 Å². The van der Waals surface area contributed by atoms with Crippen molar-refractivity contribution in [2.24, 2.45) is 7.05 Å². The van der Waals surface area contributed by atoms with Crippen molar-refractivity contribution >= 4 is 17.5 Å². The van der Waals surface area contributed by atoms with E-state index in [0.717, 1.165) is 11.4 Å². The van der Waals surface area contributed by atoms with Crippen LogP contribution in [-0.4, -0.2) is 31.4 Å². The van der Waals surface area contributed by atoms with Gasteiger partial charge in [-0.3, -0.25) is 4.79 Å². The van der Waals surface area contributed by atoms with Crippen molar-refractivity contribution in [3.8, 4) is 17.1 Å². The molecule has 1 aromatic heterocycles. The number of hydrogen-bond donors (Lipinski definition) is 1. The van der Waals surface area contributed by atoms with Crippen molar-refractivity contribution < 1.29 is 9.90 Å². The SMILES string of the molecule is Cn1c(SCC(=O)c2ccc(O)cc2)nnc1-c1ccc(C(C)(C)C)cc1. The lowest BCUT2D eigenvalue weighted by molar-refractivity contribution is 0.102. The Labute approximate surface area is 163 Å². The number of Topliss-reactive ketones (excluding diaryl/α,β-unsaturated/α-hetero) is 1. The minimum Gasteiger partial charge on any atom is -0.508 e. The second-order valence-electron chi connectivity index (χ2n) is 7.45. The Hall–Kier alpha value is -2.60. The van der Waals surface area contributed by atoms with E-state index in [9.17, 15) is 9.90 Å². The van der Waals surface area contributed by atoms with Gasteiger partial charge in [0.25, 0.3) is 0 Å². The zero-order valence-electron chi connectivity index (χ0n) is 15.9. The van der Waals surface area contributed by atoms with Crippen molar-refractivity contribution in [3.63, 3.8) is 0 Å². The number of benzene rings is 2. The van der Waals surface area contributed by atoms with E-state index in [1.54, 1.807) is 12.1 Å². The Morgan fingerprint density at radius 3 is 2.26 bits per heavy atom. The molecule has 0 saturated heterocycles. The molecule has 3 rings (SSSR count). The van der Waals surface area contributed by atoms with Gasteiger partial charge >= 0.3 is 0 Å². The molecule has 0 saturated carbocycles. The third-order valence-corrected chi connectivity index (χ3v) is 5.39. The number of nitrogens with zero attached hydrogens (tertiary/aromatic N) is 3. The summed E-state index contributed by atoms with van der Waals surface area (Å²) in [5.41, 5.74) is 2.94. The predicted molar refractivity (Wildman–Crippen MR) is 108 cm³/mol. The first-order chi connectivity index (χ1) is 12.8. The molecule has 0 aliphatic carbocycles. The molecule has 5 nitrogen and oxygen atoms in total. The van der Waals surface area contributed by atoms with Crippen LogP contribution in [0.1, 0.15) is 36.7 Å². The van der Waals surface area contributed by atoms with Crippen molar-refractivity contribution in [1.29, 1.82) is 0 Å². The number of hydrogen-bond acceptors (Lipinski definition) is 5. The summed E-state index contributed by atoms with van der Waals surface area (Å²) in [5.74, 6) is 1.17. The maximum atomic E-state index is 12.3. The number of thioether (sulfide) groups is 1. The van der Waals surface area contributed by atoms with Crippen LogP contribution in [0.2, 0.25) is 0 Å². The number of rotatable bonds is 5. The van der Waals surface area contributed by atoms with Crippen molar-refractivity contribution in [1.82, 2.24) is 14.8 Å². The second kappa shape index (κ2) is 7.56. The monoisotopic (exact) mass is 381 g/mol. The van der Waals surface area contributed by atoms with Crippen LogP contribution in [-0.2, 0) is 12.5 Å². The van der Waals surface area contributed by atoms with Crippen LogP contribution in [0.3, 0.4) is 0 Å². The third-order valence-electron chi connectivity index (χ3n) is 4.37. The maximum Gasteiger partial charge on any atom is 0.191 e. The largest absolute Gasteiger partial charge is 0.508 e. The highest BCUT2D eigenvalue weighted by atomic mass is 32.2. The number of carbonyl (C=O) groups excluding carboxylic acids is 1. The van der Waals surface area contributed by atoms with Gasteiger partial charge < -0.3 is 9.67 Å². The first-order valence-electron chi connectivity index (χ1n) is 8.71. The number of aromatic hydroxyl groups is 1. The average molecular weight is 382 g/mol. The van der Waals surface area contributed by atoms with Gasteiger partial charge in [0, 0.05) is 18.2 Å². The summed E-state index contributed by atoms with van der Waals surface area (Å²) < 4.78 is 1.90. The number of aromatic nitrogens is 3. The molecule has 0 atom stereocenters. The standard InChI is InChI=1S/C21H23N3O2S/c1-21(2,3)16-9-5-15(6-10-16)19-22-23-20(24(19)4)27-13-18(26)14-7-11-17(25)12-8-14/h5-12,25H,13H2,1-4H3. The third kappa shape index (κ3) is 4.39. The van der Waals surface area contributed by atoms with Crippen LogP contribution < -0.4 is 0 Å². The number of carbonyl (C=O) groups is 1. The topological polar surface area (TPSA) is 68.0 Å². The molecule has 1 N–H and O–H groups in total. The molecule has 0 aliphatic heterocycles. The molecular formula is C21H23N3O2S. The molecule has 140 valence electrons. The van der Waals surface area contributed by atoms with E-state index in [-0.39, 0.29) is 22.7 Å². The van der Waals surface area contributed by atoms with Crippen LogP contribution in [0.25, 0.3) is 11.4 Å². The maximum absolute atomic E-state index is 12.3. The minimum atomic E-state index is -0.0147. The summed E-state index contributed by atoms with van der Waals surface area (Å²) in [6.07, 6.45) is 0. The smallest absolute Gasteiger partial charge is 0.191 e. The Morgan fingerprint density at radius 2 is 1.67 bits per heavy atom. The van der Waals surface area contributed by atoms with Crippen LogP contribution in [0, 0.1) is 0 Å². The Bertz CT molecular complexity index is 939. The van der Waals surface area contributed by atoms with Crippen LogP contribution in [0.4, 0.5) is 0 Å². The summed E-state index contributed by atoms with van der Waals surface area (Å²) in [6, 6.07) is 14.6. The molecule has 0 radical (unpaired) electrons. The highest BCUT2D eigenvalue weighted by Gasteiger charge is 2.16.